The highest BCUT2D eigenvalue weighted by Crippen LogP contribution is 2.36. The minimum absolute atomic E-state index is 0.00534. The van der Waals surface area contributed by atoms with Crippen LogP contribution in [0.4, 0.5) is 0 Å². The van der Waals surface area contributed by atoms with Crippen LogP contribution in [0, 0.1) is 6.92 Å². The van der Waals surface area contributed by atoms with E-state index in [4.69, 9.17) is 8.61 Å². The molecule has 0 aromatic heterocycles. The van der Waals surface area contributed by atoms with Crippen molar-refractivity contribution in [2.24, 2.45) is 0 Å². The first-order valence-electron chi connectivity index (χ1n) is 13.4. The molecule has 0 aliphatic carbocycles. The molecule has 3 rings (SSSR count). The van der Waals surface area contributed by atoms with Crippen molar-refractivity contribution in [1.29, 1.82) is 0 Å². The molecule has 0 bridgehead atoms. The summed E-state index contributed by atoms with van der Waals surface area (Å²) in [5.41, 5.74) is 1.02. The van der Waals surface area contributed by atoms with E-state index in [-0.39, 0.29) is 16.5 Å². The Bertz CT molecular complexity index is 1130. The fourth-order valence-electron chi connectivity index (χ4n) is 4.84. The Morgan fingerprint density at radius 3 is 1.59 bits per heavy atom. The van der Waals surface area contributed by atoms with Crippen molar-refractivity contribution in [3.05, 3.63) is 90.5 Å². The Morgan fingerprint density at radius 2 is 1.11 bits per heavy atom. The van der Waals surface area contributed by atoms with Gasteiger partial charge in [0.1, 0.15) is 0 Å². The lowest BCUT2D eigenvalue weighted by atomic mass is 10.1. The van der Waals surface area contributed by atoms with Gasteiger partial charge < -0.3 is 4.43 Å². The van der Waals surface area contributed by atoms with Gasteiger partial charge in [-0.3, -0.25) is 4.18 Å². The summed E-state index contributed by atoms with van der Waals surface area (Å²) in [4.78, 5) is 0.221. The van der Waals surface area contributed by atoms with Gasteiger partial charge in [-0.2, -0.15) is 8.42 Å². The highest BCUT2D eigenvalue weighted by molar-refractivity contribution is 7.86. The van der Waals surface area contributed by atoms with Crippen molar-refractivity contribution in [3.63, 3.8) is 0 Å². The second-order valence-corrected chi connectivity index (χ2v) is 16.6. The van der Waals surface area contributed by atoms with E-state index < -0.39 is 18.4 Å². The molecule has 6 heteroatoms. The summed E-state index contributed by atoms with van der Waals surface area (Å²) in [6.45, 7) is 9.82. The fraction of sp³-hybridized carbons (Fsp3) is 0.419. The van der Waals surface area contributed by atoms with E-state index in [1.54, 1.807) is 24.3 Å². The van der Waals surface area contributed by atoms with Crippen molar-refractivity contribution in [1.82, 2.24) is 0 Å². The zero-order valence-electron chi connectivity index (χ0n) is 22.8. The van der Waals surface area contributed by atoms with Gasteiger partial charge in [-0.15, -0.1) is 0 Å². The molecule has 0 aliphatic rings. The predicted molar refractivity (Wildman–Crippen MR) is 156 cm³/mol. The van der Waals surface area contributed by atoms with Gasteiger partial charge in [-0.05, 0) is 47.3 Å². The topological polar surface area (TPSA) is 52.6 Å². The first-order chi connectivity index (χ1) is 17.7. The van der Waals surface area contributed by atoms with Gasteiger partial charge in [-0.25, -0.2) is 0 Å². The van der Waals surface area contributed by atoms with Crippen LogP contribution < -0.4 is 10.4 Å². The third-order valence-electron chi connectivity index (χ3n) is 6.82. The Morgan fingerprint density at radius 1 is 0.649 bits per heavy atom. The number of rotatable bonds is 14. The zero-order valence-corrected chi connectivity index (χ0v) is 24.6. The Balaban J connectivity index is 1.44. The van der Waals surface area contributed by atoms with Crippen LogP contribution in [0.25, 0.3) is 0 Å². The molecule has 0 amide bonds. The standard InChI is InChI=1S/C31H42O4SSi/c1-27-21-23-28(24-22-27)36(32,33)34-25-15-7-5-6-8-16-26-35-37(31(2,3)4,29-17-11-9-12-18-29)30-19-13-10-14-20-30/h9-14,17-24H,5-8,15-16,25-26H2,1-4H3. The summed E-state index contributed by atoms with van der Waals surface area (Å²) in [6, 6.07) is 28.3. The molecule has 0 atom stereocenters. The molecule has 4 nitrogen and oxygen atoms in total. The average Bonchev–Trinajstić information content (AvgIpc) is 2.88. The maximum absolute atomic E-state index is 12.3. The third-order valence-corrected chi connectivity index (χ3v) is 13.2. The van der Waals surface area contributed by atoms with E-state index >= 15 is 0 Å². The predicted octanol–water partition coefficient (Wildman–Crippen LogP) is 6.62. The Labute approximate surface area is 225 Å². The molecule has 0 saturated heterocycles. The maximum atomic E-state index is 12.3. The fourth-order valence-corrected chi connectivity index (χ4v) is 10.4. The van der Waals surface area contributed by atoms with Crippen LogP contribution in [0.5, 0.6) is 0 Å². The van der Waals surface area contributed by atoms with Crippen molar-refractivity contribution < 1.29 is 17.0 Å². The second kappa shape index (κ2) is 13.5. The zero-order chi connectivity index (χ0) is 26.8. The van der Waals surface area contributed by atoms with Gasteiger partial charge in [0.05, 0.1) is 11.5 Å². The lowest BCUT2D eigenvalue weighted by Crippen LogP contribution is -2.66. The summed E-state index contributed by atoms with van der Waals surface area (Å²) in [7, 11) is -6.12. The number of aryl methyl sites for hydroxylation is 1. The van der Waals surface area contributed by atoms with Crippen LogP contribution in [0.15, 0.2) is 89.8 Å². The van der Waals surface area contributed by atoms with Crippen molar-refractivity contribution in [2.45, 2.75) is 76.2 Å². The van der Waals surface area contributed by atoms with E-state index in [1.165, 1.54) is 10.4 Å². The Hall–Kier alpha value is -2.25. The van der Waals surface area contributed by atoms with Gasteiger partial charge in [-0.1, -0.05) is 125 Å². The van der Waals surface area contributed by atoms with Crippen molar-refractivity contribution >= 4 is 28.8 Å². The molecule has 0 spiro atoms. The molecule has 0 saturated carbocycles. The maximum Gasteiger partial charge on any atom is 0.296 e. The van der Waals surface area contributed by atoms with Crippen LogP contribution in [-0.4, -0.2) is 29.9 Å². The lowest BCUT2D eigenvalue weighted by Gasteiger charge is -2.43. The van der Waals surface area contributed by atoms with Crippen LogP contribution in [0.3, 0.4) is 0 Å². The molecular weight excluding hydrogens is 496 g/mol. The highest BCUT2D eigenvalue weighted by atomic mass is 32.2. The van der Waals surface area contributed by atoms with Crippen LogP contribution in [0.1, 0.15) is 64.9 Å². The van der Waals surface area contributed by atoms with Crippen molar-refractivity contribution in [2.75, 3.05) is 13.2 Å². The molecular formula is C31H42O4SSi. The third kappa shape index (κ3) is 7.87. The number of hydrogen-bond donors (Lipinski definition) is 0. The molecule has 3 aromatic rings. The van der Waals surface area contributed by atoms with E-state index in [1.807, 2.05) is 6.92 Å². The Kier molecular flexibility index (Phi) is 10.7. The molecule has 200 valence electrons. The van der Waals surface area contributed by atoms with Gasteiger partial charge >= 0.3 is 0 Å². The SMILES string of the molecule is Cc1ccc(S(=O)(=O)OCCCCCCCCO[Si](c2ccccc2)(c2ccccc2)C(C)(C)C)cc1. The van der Waals surface area contributed by atoms with Crippen molar-refractivity contribution in [3.8, 4) is 0 Å². The molecule has 0 aliphatic heterocycles. The average molecular weight is 539 g/mol. The first kappa shape index (κ1) is 29.3. The number of benzene rings is 3. The van der Waals surface area contributed by atoms with Crippen LogP contribution in [-0.2, 0) is 18.7 Å². The summed E-state index contributed by atoms with van der Waals surface area (Å²) >= 11 is 0. The summed E-state index contributed by atoms with van der Waals surface area (Å²) < 4.78 is 36.7. The van der Waals surface area contributed by atoms with Crippen LogP contribution in [0.2, 0.25) is 5.04 Å². The second-order valence-electron chi connectivity index (χ2n) is 10.7. The minimum Gasteiger partial charge on any atom is -0.407 e. The van der Waals surface area contributed by atoms with Gasteiger partial charge in [0.25, 0.3) is 18.4 Å². The number of hydrogen-bond acceptors (Lipinski definition) is 4. The van der Waals surface area contributed by atoms with E-state index in [9.17, 15) is 8.42 Å². The summed E-state index contributed by atoms with van der Waals surface area (Å²) in [5, 5.41) is 2.62. The molecule has 37 heavy (non-hydrogen) atoms. The smallest absolute Gasteiger partial charge is 0.296 e. The lowest BCUT2D eigenvalue weighted by molar-refractivity contribution is 0.284. The van der Waals surface area contributed by atoms with E-state index in [0.29, 0.717) is 0 Å². The van der Waals surface area contributed by atoms with E-state index in [2.05, 4.69) is 81.4 Å². The van der Waals surface area contributed by atoms with Gasteiger partial charge in [0, 0.05) is 6.61 Å². The molecule has 0 fully saturated rings. The highest BCUT2D eigenvalue weighted by Gasteiger charge is 2.49. The van der Waals surface area contributed by atoms with Gasteiger partial charge in [0.2, 0.25) is 0 Å². The molecule has 3 aromatic carbocycles. The molecule has 0 heterocycles. The van der Waals surface area contributed by atoms with Crippen LogP contribution >= 0.6 is 0 Å². The normalized spacial score (nSPS) is 12.5. The largest absolute Gasteiger partial charge is 0.407 e. The molecule has 0 radical (unpaired) electrons. The van der Waals surface area contributed by atoms with E-state index in [0.717, 1.165) is 50.7 Å². The van der Waals surface area contributed by atoms with Gasteiger partial charge in [0.15, 0.2) is 0 Å². The minimum atomic E-state index is -3.67. The summed E-state index contributed by atoms with van der Waals surface area (Å²) in [5.74, 6) is 0. The first-order valence-corrected chi connectivity index (χ1v) is 16.7. The quantitative estimate of drug-likeness (QED) is 0.132. The number of unbranched alkanes of at least 4 members (excludes halogenated alkanes) is 5. The molecule has 0 unspecified atom stereocenters. The summed E-state index contributed by atoms with van der Waals surface area (Å²) in [6.07, 6.45) is 5.98. The monoisotopic (exact) mass is 538 g/mol. The molecule has 0 N–H and O–H groups in total.